The second-order valence-corrected chi connectivity index (χ2v) is 9.21. The molecular formula is C23H34N2O2. The fourth-order valence-electron chi connectivity index (χ4n) is 3.98. The molecule has 1 aromatic rings. The van der Waals surface area contributed by atoms with Crippen LogP contribution in [0.5, 0.6) is 0 Å². The monoisotopic (exact) mass is 370 g/mol. The van der Waals surface area contributed by atoms with Gasteiger partial charge < -0.3 is 10.2 Å². The molecule has 1 saturated heterocycles. The van der Waals surface area contributed by atoms with Gasteiger partial charge in [0.25, 0.3) is 0 Å². The number of carbonyl (C=O) groups excluding carboxylic acids is 2. The van der Waals surface area contributed by atoms with E-state index in [-0.39, 0.29) is 22.6 Å². The van der Waals surface area contributed by atoms with Gasteiger partial charge in [0.15, 0.2) is 0 Å². The Balaban J connectivity index is 1.49. The molecule has 1 N–H and O–H groups in total. The lowest BCUT2D eigenvalue weighted by Gasteiger charge is -2.22. The van der Waals surface area contributed by atoms with Crippen molar-refractivity contribution in [3.05, 3.63) is 35.4 Å². The van der Waals surface area contributed by atoms with Crippen LogP contribution in [0.15, 0.2) is 24.3 Å². The van der Waals surface area contributed by atoms with Crippen LogP contribution < -0.4 is 5.32 Å². The Bertz CT molecular complexity index is 669. The van der Waals surface area contributed by atoms with Gasteiger partial charge in [-0.2, -0.15) is 0 Å². The van der Waals surface area contributed by atoms with Crippen molar-refractivity contribution in [2.45, 2.75) is 76.5 Å². The number of likely N-dealkylation sites (tertiary alicyclic amines) is 1. The summed E-state index contributed by atoms with van der Waals surface area (Å²) in [6, 6.07) is 8.58. The molecule has 1 aromatic carbocycles. The minimum atomic E-state index is -0.325. The Morgan fingerprint density at radius 1 is 1.11 bits per heavy atom. The molecule has 1 aliphatic carbocycles. The fourth-order valence-corrected chi connectivity index (χ4v) is 3.98. The first-order chi connectivity index (χ1) is 12.8. The molecule has 4 nitrogen and oxygen atoms in total. The van der Waals surface area contributed by atoms with Crippen molar-refractivity contribution in [1.29, 1.82) is 0 Å². The van der Waals surface area contributed by atoms with Crippen molar-refractivity contribution in [3.63, 3.8) is 0 Å². The van der Waals surface area contributed by atoms with E-state index in [1.54, 1.807) is 0 Å². The van der Waals surface area contributed by atoms with Crippen molar-refractivity contribution in [1.82, 2.24) is 10.2 Å². The third-order valence-electron chi connectivity index (χ3n) is 6.05. The number of rotatable bonds is 6. The van der Waals surface area contributed by atoms with E-state index < -0.39 is 0 Å². The molecule has 2 amide bonds. The largest absolute Gasteiger partial charge is 0.355 e. The van der Waals surface area contributed by atoms with Gasteiger partial charge in [0.2, 0.25) is 11.8 Å². The number of amides is 2. The number of nitrogens with zero attached hydrogens (tertiary/aromatic N) is 1. The van der Waals surface area contributed by atoms with Gasteiger partial charge in [-0.15, -0.1) is 0 Å². The van der Waals surface area contributed by atoms with Crippen LogP contribution in [0.1, 0.15) is 76.8 Å². The SMILES string of the molecule is CC(C)(C)c1ccc(C2(C(=O)NCCCN3CCCCCC3=O)CC2)cc1. The van der Waals surface area contributed by atoms with Crippen molar-refractivity contribution in [2.24, 2.45) is 0 Å². The second kappa shape index (κ2) is 8.04. The first-order valence-corrected chi connectivity index (χ1v) is 10.5. The molecule has 2 fully saturated rings. The van der Waals surface area contributed by atoms with Crippen molar-refractivity contribution in [2.75, 3.05) is 19.6 Å². The van der Waals surface area contributed by atoms with Gasteiger partial charge in [-0.1, -0.05) is 51.5 Å². The Kier molecular flexibility index (Phi) is 5.92. The van der Waals surface area contributed by atoms with Gasteiger partial charge in [-0.3, -0.25) is 9.59 Å². The van der Waals surface area contributed by atoms with E-state index in [0.29, 0.717) is 13.0 Å². The third kappa shape index (κ3) is 4.72. The summed E-state index contributed by atoms with van der Waals surface area (Å²) in [5, 5.41) is 3.12. The summed E-state index contributed by atoms with van der Waals surface area (Å²) in [5.41, 5.74) is 2.23. The molecule has 2 aliphatic rings. The van der Waals surface area contributed by atoms with E-state index in [0.717, 1.165) is 57.2 Å². The zero-order chi connectivity index (χ0) is 19.5. The topological polar surface area (TPSA) is 49.4 Å². The lowest BCUT2D eigenvalue weighted by Crippen LogP contribution is -2.37. The van der Waals surface area contributed by atoms with Crippen LogP contribution in [0.3, 0.4) is 0 Å². The molecule has 148 valence electrons. The predicted molar refractivity (Wildman–Crippen MR) is 109 cm³/mol. The van der Waals surface area contributed by atoms with Gasteiger partial charge in [-0.05, 0) is 48.6 Å². The van der Waals surface area contributed by atoms with Crippen LogP contribution in [0.4, 0.5) is 0 Å². The molecular weight excluding hydrogens is 336 g/mol. The van der Waals surface area contributed by atoms with Crippen LogP contribution in [0.2, 0.25) is 0 Å². The molecule has 0 unspecified atom stereocenters. The normalized spacial score (nSPS) is 19.5. The van der Waals surface area contributed by atoms with E-state index in [4.69, 9.17) is 0 Å². The van der Waals surface area contributed by atoms with Crippen molar-refractivity contribution in [3.8, 4) is 0 Å². The van der Waals surface area contributed by atoms with Crippen molar-refractivity contribution < 1.29 is 9.59 Å². The maximum absolute atomic E-state index is 12.8. The molecule has 0 atom stereocenters. The molecule has 3 rings (SSSR count). The molecule has 0 spiro atoms. The summed E-state index contributed by atoms with van der Waals surface area (Å²) in [6.07, 6.45) is 6.64. The molecule has 1 saturated carbocycles. The smallest absolute Gasteiger partial charge is 0.230 e. The Morgan fingerprint density at radius 2 is 1.81 bits per heavy atom. The van der Waals surface area contributed by atoms with Gasteiger partial charge in [0, 0.05) is 26.1 Å². The van der Waals surface area contributed by atoms with Crippen LogP contribution >= 0.6 is 0 Å². The lowest BCUT2D eigenvalue weighted by molar-refractivity contribution is -0.130. The van der Waals surface area contributed by atoms with E-state index >= 15 is 0 Å². The second-order valence-electron chi connectivity index (χ2n) is 9.21. The Morgan fingerprint density at radius 3 is 2.44 bits per heavy atom. The van der Waals surface area contributed by atoms with Gasteiger partial charge >= 0.3 is 0 Å². The average Bonchev–Trinajstić information content (AvgIpc) is 3.45. The zero-order valence-corrected chi connectivity index (χ0v) is 17.1. The highest BCUT2D eigenvalue weighted by Crippen LogP contribution is 2.48. The molecule has 1 aliphatic heterocycles. The summed E-state index contributed by atoms with van der Waals surface area (Å²) >= 11 is 0. The number of hydrogen-bond acceptors (Lipinski definition) is 2. The number of carbonyl (C=O) groups is 2. The first-order valence-electron chi connectivity index (χ1n) is 10.5. The highest BCUT2D eigenvalue weighted by molar-refractivity contribution is 5.91. The summed E-state index contributed by atoms with van der Waals surface area (Å²) in [7, 11) is 0. The van der Waals surface area contributed by atoms with Crippen molar-refractivity contribution >= 4 is 11.8 Å². The minimum absolute atomic E-state index is 0.127. The predicted octanol–water partition coefficient (Wildman–Crippen LogP) is 3.92. The quantitative estimate of drug-likeness (QED) is 0.772. The summed E-state index contributed by atoms with van der Waals surface area (Å²) in [4.78, 5) is 26.8. The highest BCUT2D eigenvalue weighted by Gasteiger charge is 2.51. The molecule has 27 heavy (non-hydrogen) atoms. The Hall–Kier alpha value is -1.84. The molecule has 1 heterocycles. The third-order valence-corrected chi connectivity index (χ3v) is 6.05. The molecule has 0 bridgehead atoms. The van der Waals surface area contributed by atoms with E-state index in [9.17, 15) is 9.59 Å². The minimum Gasteiger partial charge on any atom is -0.355 e. The number of nitrogens with one attached hydrogen (secondary N) is 1. The summed E-state index contributed by atoms with van der Waals surface area (Å²) in [5.74, 6) is 0.421. The van der Waals surface area contributed by atoms with Gasteiger partial charge in [-0.25, -0.2) is 0 Å². The maximum Gasteiger partial charge on any atom is 0.230 e. The van der Waals surface area contributed by atoms with Crippen LogP contribution in [-0.2, 0) is 20.4 Å². The summed E-state index contributed by atoms with van der Waals surface area (Å²) in [6.45, 7) is 8.89. The van der Waals surface area contributed by atoms with Crippen LogP contribution in [0.25, 0.3) is 0 Å². The average molecular weight is 371 g/mol. The maximum atomic E-state index is 12.8. The van der Waals surface area contributed by atoms with E-state index in [2.05, 4.69) is 50.4 Å². The Labute approximate surface area is 163 Å². The summed E-state index contributed by atoms with van der Waals surface area (Å²) < 4.78 is 0. The molecule has 0 aromatic heterocycles. The van der Waals surface area contributed by atoms with E-state index in [1.165, 1.54) is 5.56 Å². The van der Waals surface area contributed by atoms with Gasteiger partial charge in [0.05, 0.1) is 5.41 Å². The molecule has 0 radical (unpaired) electrons. The molecule has 4 heteroatoms. The first kappa shape index (κ1) is 19.9. The fraction of sp³-hybridized carbons (Fsp3) is 0.652. The lowest BCUT2D eigenvalue weighted by atomic mass is 9.85. The van der Waals surface area contributed by atoms with Gasteiger partial charge in [0.1, 0.15) is 0 Å². The zero-order valence-electron chi connectivity index (χ0n) is 17.1. The van der Waals surface area contributed by atoms with E-state index in [1.807, 2.05) is 4.90 Å². The highest BCUT2D eigenvalue weighted by atomic mass is 16.2. The standard InChI is InChI=1S/C23H34N2O2/c1-22(2,3)18-9-11-19(12-10-18)23(13-14-23)21(27)24-15-7-17-25-16-6-4-5-8-20(25)26/h9-12H,4-8,13-17H2,1-3H3,(H,24,27). The number of benzene rings is 1. The number of hydrogen-bond donors (Lipinski definition) is 1. The van der Waals surface area contributed by atoms with Crippen LogP contribution in [0, 0.1) is 0 Å². The van der Waals surface area contributed by atoms with Crippen LogP contribution in [-0.4, -0.2) is 36.3 Å².